The summed E-state index contributed by atoms with van der Waals surface area (Å²) in [6.45, 7) is 3.47. The van der Waals surface area contributed by atoms with Crippen molar-refractivity contribution in [2.75, 3.05) is 5.32 Å². The number of hydrogen-bond donors (Lipinski definition) is 3. The number of alkyl halides is 3. The zero-order valence-corrected chi connectivity index (χ0v) is 18.1. The number of nitrogens with one attached hydrogen (secondary N) is 2. The minimum absolute atomic E-state index is 0.150. The molecule has 0 saturated carbocycles. The van der Waals surface area contributed by atoms with Crippen LogP contribution in [0.1, 0.15) is 26.7 Å². The second-order valence-electron chi connectivity index (χ2n) is 7.72. The number of fused-ring (bicyclic) bond motifs is 1. The maximum Gasteiger partial charge on any atom is 0.389 e. The Hall–Kier alpha value is -2.99. The lowest BCUT2D eigenvalue weighted by molar-refractivity contribution is -0.143. The van der Waals surface area contributed by atoms with Crippen molar-refractivity contribution in [1.29, 1.82) is 0 Å². The highest BCUT2D eigenvalue weighted by Crippen LogP contribution is 2.30. The zero-order valence-electron chi connectivity index (χ0n) is 17.3. The molecule has 0 saturated heterocycles. The predicted octanol–water partition coefficient (Wildman–Crippen LogP) is 3.62. The Bertz CT molecular complexity index is 1240. The quantitative estimate of drug-likeness (QED) is 0.462. The number of nitrogens with two attached hydrogens (primary N) is 1. The fraction of sp³-hybridized carbons (Fsp3) is 0.350. The van der Waals surface area contributed by atoms with Crippen molar-refractivity contribution in [3.05, 3.63) is 36.9 Å². The fourth-order valence-electron chi connectivity index (χ4n) is 3.26. The third-order valence-electron chi connectivity index (χ3n) is 4.87. The number of primary sulfonamides is 1. The highest BCUT2D eigenvalue weighted by molar-refractivity contribution is 7.89. The third-order valence-corrected chi connectivity index (χ3v) is 5.75. The molecule has 0 fully saturated rings. The first-order chi connectivity index (χ1) is 14.8. The molecule has 0 amide bonds. The van der Waals surface area contributed by atoms with E-state index in [1.165, 1.54) is 18.5 Å². The summed E-state index contributed by atoms with van der Waals surface area (Å²) in [6.07, 6.45) is -0.432. The van der Waals surface area contributed by atoms with Gasteiger partial charge in [0.1, 0.15) is 10.5 Å². The van der Waals surface area contributed by atoms with E-state index in [0.29, 0.717) is 27.8 Å². The van der Waals surface area contributed by atoms with E-state index in [-0.39, 0.29) is 10.8 Å². The normalized spacial score (nSPS) is 13.5. The minimum atomic E-state index is -4.40. The van der Waals surface area contributed by atoms with Crippen molar-refractivity contribution in [1.82, 2.24) is 15.0 Å². The molecule has 0 radical (unpaired) electrons. The van der Waals surface area contributed by atoms with Crippen LogP contribution in [-0.4, -0.2) is 41.4 Å². The van der Waals surface area contributed by atoms with Gasteiger partial charge in [-0.15, -0.1) is 0 Å². The van der Waals surface area contributed by atoms with E-state index >= 15 is 0 Å². The van der Waals surface area contributed by atoms with Crippen LogP contribution >= 0.6 is 0 Å². The van der Waals surface area contributed by atoms with Crippen LogP contribution < -0.4 is 10.5 Å². The lowest BCUT2D eigenvalue weighted by Crippen LogP contribution is -2.35. The summed E-state index contributed by atoms with van der Waals surface area (Å²) >= 11 is 0. The molecule has 3 heterocycles. The Balaban J connectivity index is 1.90. The maximum absolute atomic E-state index is 12.5. The first-order valence-corrected chi connectivity index (χ1v) is 11.2. The average molecular weight is 469 g/mol. The molecule has 0 spiro atoms. The average Bonchev–Trinajstić information content (AvgIpc) is 3.12. The summed E-state index contributed by atoms with van der Waals surface area (Å²) in [5.74, 6) is -0.800. The third kappa shape index (κ3) is 5.62. The molecule has 8 nitrogen and oxygen atoms in total. The second-order valence-corrected chi connectivity index (χ2v) is 9.29. The monoisotopic (exact) mass is 469 g/mol. The summed E-state index contributed by atoms with van der Waals surface area (Å²) in [4.78, 5) is 23.4. The lowest BCUT2D eigenvalue weighted by Gasteiger charge is -2.22. The van der Waals surface area contributed by atoms with Crippen molar-refractivity contribution in [3.63, 3.8) is 0 Å². The van der Waals surface area contributed by atoms with Gasteiger partial charge in [0.25, 0.3) is 0 Å². The number of carbonyl (C=O) groups excluding carboxylic acids is 1. The Labute approximate surface area is 182 Å². The van der Waals surface area contributed by atoms with Gasteiger partial charge in [-0.2, -0.15) is 13.2 Å². The van der Waals surface area contributed by atoms with Crippen molar-refractivity contribution in [2.45, 2.75) is 43.8 Å². The van der Waals surface area contributed by atoms with Crippen LogP contribution in [0.25, 0.3) is 22.2 Å². The van der Waals surface area contributed by atoms with Gasteiger partial charge in [0.05, 0.1) is 18.2 Å². The van der Waals surface area contributed by atoms with Crippen molar-refractivity contribution < 1.29 is 26.4 Å². The molecule has 12 heteroatoms. The topological polar surface area (TPSA) is 131 Å². The number of hydrogen-bond acceptors (Lipinski definition) is 6. The van der Waals surface area contributed by atoms with E-state index in [0.717, 1.165) is 6.20 Å². The molecular formula is C20H22F3N5O3S. The van der Waals surface area contributed by atoms with Gasteiger partial charge < -0.3 is 10.3 Å². The summed E-state index contributed by atoms with van der Waals surface area (Å²) in [5, 5.41) is 8.67. The van der Waals surface area contributed by atoms with Gasteiger partial charge in [-0.05, 0) is 18.1 Å². The number of halogens is 3. The van der Waals surface area contributed by atoms with Crippen LogP contribution in [0.4, 0.5) is 18.9 Å². The highest BCUT2D eigenvalue weighted by atomic mass is 32.2. The van der Waals surface area contributed by atoms with Gasteiger partial charge in [-0.1, -0.05) is 13.8 Å². The van der Waals surface area contributed by atoms with E-state index in [2.05, 4.69) is 20.3 Å². The minimum Gasteiger partial charge on any atom is -0.374 e. The number of anilines is 1. The summed E-state index contributed by atoms with van der Waals surface area (Å²) in [5.41, 5.74) is 2.05. The Morgan fingerprint density at radius 2 is 1.94 bits per heavy atom. The molecular weight excluding hydrogens is 447 g/mol. The molecule has 0 aliphatic rings. The van der Waals surface area contributed by atoms with Gasteiger partial charge in [0, 0.05) is 47.7 Å². The summed E-state index contributed by atoms with van der Waals surface area (Å²) in [6, 6.07) is 2.24. The molecule has 172 valence electrons. The van der Waals surface area contributed by atoms with Gasteiger partial charge in [-0.3, -0.25) is 9.78 Å². The number of H-pyrrole nitrogens is 1. The Morgan fingerprint density at radius 1 is 1.22 bits per heavy atom. The standard InChI is InChI=1S/C20H22F3N5O3S/c1-11(2)18(17(29)3-4-20(21,22)23)28-13-5-12(7-25-8-13)16-10-27-19-15(16)6-14(9-26-19)32(24,30)31/h5-11,18,28H,3-4H2,1-2H3,(H,26,27)(H2,24,30,31). The molecule has 3 aromatic rings. The SMILES string of the molecule is CC(C)C(Nc1cncc(-c2c[nH]c3ncc(S(N)(=O)=O)cc23)c1)C(=O)CCC(F)(F)F. The van der Waals surface area contributed by atoms with E-state index in [1.54, 1.807) is 26.1 Å². The van der Waals surface area contributed by atoms with Crippen molar-refractivity contribution >= 4 is 32.5 Å². The smallest absolute Gasteiger partial charge is 0.374 e. The van der Waals surface area contributed by atoms with Crippen molar-refractivity contribution in [3.8, 4) is 11.1 Å². The highest BCUT2D eigenvalue weighted by Gasteiger charge is 2.31. The fourth-order valence-corrected chi connectivity index (χ4v) is 3.75. The number of aromatic amines is 1. The van der Waals surface area contributed by atoms with Crippen LogP contribution in [0.15, 0.2) is 41.8 Å². The number of ketones is 1. The van der Waals surface area contributed by atoms with Crippen LogP contribution in [0.3, 0.4) is 0 Å². The summed E-state index contributed by atoms with van der Waals surface area (Å²) in [7, 11) is -3.95. The molecule has 0 aliphatic carbocycles. The number of nitrogens with zero attached hydrogens (tertiary/aromatic N) is 2. The van der Waals surface area contributed by atoms with Crippen molar-refractivity contribution in [2.24, 2.45) is 11.1 Å². The van der Waals surface area contributed by atoms with Gasteiger partial charge >= 0.3 is 6.18 Å². The van der Waals surface area contributed by atoms with E-state index < -0.39 is 40.9 Å². The van der Waals surface area contributed by atoms with E-state index in [9.17, 15) is 26.4 Å². The maximum atomic E-state index is 12.5. The lowest BCUT2D eigenvalue weighted by atomic mass is 9.96. The molecule has 4 N–H and O–H groups in total. The molecule has 32 heavy (non-hydrogen) atoms. The second kappa shape index (κ2) is 8.87. The Morgan fingerprint density at radius 3 is 2.56 bits per heavy atom. The molecule has 3 aromatic heterocycles. The molecule has 0 aromatic carbocycles. The number of sulfonamides is 1. The van der Waals surface area contributed by atoms with Crippen LogP contribution in [0, 0.1) is 5.92 Å². The molecule has 0 aliphatic heterocycles. The van der Waals surface area contributed by atoms with Gasteiger partial charge in [0.2, 0.25) is 10.0 Å². The van der Waals surface area contributed by atoms with Crippen LogP contribution in [0.2, 0.25) is 0 Å². The molecule has 1 unspecified atom stereocenters. The van der Waals surface area contributed by atoms with E-state index in [4.69, 9.17) is 5.14 Å². The van der Waals surface area contributed by atoms with Crippen LogP contribution in [0.5, 0.6) is 0 Å². The predicted molar refractivity (Wildman–Crippen MR) is 113 cm³/mol. The van der Waals surface area contributed by atoms with Gasteiger partial charge in [0.15, 0.2) is 5.78 Å². The van der Waals surface area contributed by atoms with Crippen LogP contribution in [-0.2, 0) is 14.8 Å². The number of Topliss-reactive ketones (excluding diaryl/α,β-unsaturated/α-hetero) is 1. The first kappa shape index (κ1) is 23.7. The number of pyridine rings is 2. The molecule has 0 bridgehead atoms. The number of rotatable bonds is 8. The van der Waals surface area contributed by atoms with E-state index in [1.807, 2.05) is 0 Å². The Kier molecular flexibility index (Phi) is 6.56. The van der Waals surface area contributed by atoms with Gasteiger partial charge in [-0.25, -0.2) is 18.5 Å². The number of aromatic nitrogens is 3. The number of carbonyl (C=O) groups is 1. The first-order valence-electron chi connectivity index (χ1n) is 9.66. The largest absolute Gasteiger partial charge is 0.389 e. The zero-order chi connectivity index (χ0) is 23.7. The molecule has 3 rings (SSSR count). The molecule has 1 atom stereocenters. The summed E-state index contributed by atoms with van der Waals surface area (Å²) < 4.78 is 60.9.